The number of nitrogens with zero attached hydrogens (tertiary/aromatic N) is 1. The van der Waals surface area contributed by atoms with Crippen molar-refractivity contribution in [3.63, 3.8) is 0 Å². The third-order valence-corrected chi connectivity index (χ3v) is 5.46. The fraction of sp³-hybridized carbons (Fsp3) is 0. The molecular formula is C21H15FN2O3S. The highest BCUT2D eigenvalue weighted by molar-refractivity contribution is 7.92. The Kier molecular flexibility index (Phi) is 4.67. The lowest BCUT2D eigenvalue weighted by atomic mass is 10.0. The molecule has 0 aliphatic heterocycles. The highest BCUT2D eigenvalue weighted by Gasteiger charge is 2.18. The minimum absolute atomic E-state index is 0.0759. The molecular weight excluding hydrogens is 379 g/mol. The molecule has 0 atom stereocenters. The second kappa shape index (κ2) is 7.28. The van der Waals surface area contributed by atoms with Gasteiger partial charge in [0.05, 0.1) is 16.7 Å². The minimum Gasteiger partial charge on any atom is -0.423 e. The number of oxazole rings is 1. The first-order valence-corrected chi connectivity index (χ1v) is 9.90. The van der Waals surface area contributed by atoms with E-state index in [2.05, 4.69) is 9.71 Å². The van der Waals surface area contributed by atoms with Crippen molar-refractivity contribution in [3.05, 3.63) is 90.9 Å². The molecule has 4 aromatic rings. The molecule has 7 heteroatoms. The van der Waals surface area contributed by atoms with E-state index < -0.39 is 15.8 Å². The van der Waals surface area contributed by atoms with Crippen molar-refractivity contribution in [2.45, 2.75) is 4.90 Å². The average molecular weight is 394 g/mol. The summed E-state index contributed by atoms with van der Waals surface area (Å²) < 4.78 is 46.8. The SMILES string of the molecule is O=S(=O)(Nc1ncc(-c2cc(-c3ccccc3)ccc2F)o1)c1ccccc1. The number of rotatable bonds is 5. The van der Waals surface area contributed by atoms with Crippen LogP contribution in [0.5, 0.6) is 0 Å². The maximum Gasteiger partial charge on any atom is 0.309 e. The smallest absolute Gasteiger partial charge is 0.309 e. The number of hydrogen-bond acceptors (Lipinski definition) is 4. The second-order valence-corrected chi connectivity index (χ2v) is 7.69. The van der Waals surface area contributed by atoms with Crippen molar-refractivity contribution in [2.75, 3.05) is 4.72 Å². The first-order valence-electron chi connectivity index (χ1n) is 8.42. The molecule has 4 rings (SSSR count). The molecule has 0 aliphatic carbocycles. The Morgan fingerprint density at radius 3 is 2.25 bits per heavy atom. The first kappa shape index (κ1) is 17.9. The summed E-state index contributed by atoms with van der Waals surface area (Å²) in [6.45, 7) is 0. The van der Waals surface area contributed by atoms with Gasteiger partial charge in [0.1, 0.15) is 5.82 Å². The highest BCUT2D eigenvalue weighted by atomic mass is 32.2. The zero-order valence-corrected chi connectivity index (χ0v) is 15.4. The van der Waals surface area contributed by atoms with Crippen LogP contribution in [0.4, 0.5) is 10.4 Å². The molecule has 0 radical (unpaired) electrons. The molecule has 0 aliphatic rings. The van der Waals surface area contributed by atoms with Crippen LogP contribution < -0.4 is 4.72 Å². The molecule has 0 bridgehead atoms. The number of nitrogens with one attached hydrogen (secondary N) is 1. The van der Waals surface area contributed by atoms with E-state index in [9.17, 15) is 12.8 Å². The lowest BCUT2D eigenvalue weighted by molar-refractivity contribution is 0.572. The van der Waals surface area contributed by atoms with Crippen molar-refractivity contribution in [1.29, 1.82) is 0 Å². The number of halogens is 1. The standard InChI is InChI=1S/C21H15FN2O3S/c22-19-12-11-16(15-7-3-1-4-8-15)13-18(19)20-14-23-21(27-20)24-28(25,26)17-9-5-2-6-10-17/h1-14H,(H,23,24). The van der Waals surface area contributed by atoms with Gasteiger partial charge in [-0.05, 0) is 35.4 Å². The molecule has 0 unspecified atom stereocenters. The summed E-state index contributed by atoms with van der Waals surface area (Å²) in [5.41, 5.74) is 1.92. The average Bonchev–Trinajstić information content (AvgIpc) is 3.17. The van der Waals surface area contributed by atoms with Gasteiger partial charge in [-0.2, -0.15) is 0 Å². The van der Waals surface area contributed by atoms with E-state index in [4.69, 9.17) is 4.42 Å². The molecule has 140 valence electrons. The van der Waals surface area contributed by atoms with Gasteiger partial charge in [-0.25, -0.2) is 22.5 Å². The molecule has 3 aromatic carbocycles. The maximum atomic E-state index is 14.4. The van der Waals surface area contributed by atoms with Crippen LogP contribution in [0, 0.1) is 5.82 Å². The molecule has 0 saturated carbocycles. The lowest BCUT2D eigenvalue weighted by Gasteiger charge is -2.06. The van der Waals surface area contributed by atoms with Crippen molar-refractivity contribution in [1.82, 2.24) is 4.98 Å². The van der Waals surface area contributed by atoms with Crippen molar-refractivity contribution in [2.24, 2.45) is 0 Å². The largest absolute Gasteiger partial charge is 0.423 e. The van der Waals surface area contributed by atoms with E-state index in [1.807, 2.05) is 30.3 Å². The Balaban J connectivity index is 1.65. The van der Waals surface area contributed by atoms with Gasteiger partial charge in [0.2, 0.25) is 0 Å². The first-order chi connectivity index (χ1) is 13.5. The number of sulfonamides is 1. The van der Waals surface area contributed by atoms with Crippen LogP contribution in [0.2, 0.25) is 0 Å². The van der Waals surface area contributed by atoms with Crippen LogP contribution in [-0.4, -0.2) is 13.4 Å². The van der Waals surface area contributed by atoms with Crippen LogP contribution in [0.3, 0.4) is 0 Å². The fourth-order valence-electron chi connectivity index (χ4n) is 2.74. The number of hydrogen-bond donors (Lipinski definition) is 1. The fourth-order valence-corrected chi connectivity index (χ4v) is 3.70. The van der Waals surface area contributed by atoms with E-state index in [0.29, 0.717) is 0 Å². The van der Waals surface area contributed by atoms with Crippen LogP contribution >= 0.6 is 0 Å². The molecule has 1 N–H and O–H groups in total. The van der Waals surface area contributed by atoms with Gasteiger partial charge in [-0.15, -0.1) is 0 Å². The van der Waals surface area contributed by atoms with Gasteiger partial charge < -0.3 is 4.42 Å². The van der Waals surface area contributed by atoms with Gasteiger partial charge in [-0.3, -0.25) is 0 Å². The Labute approximate surface area is 161 Å². The summed E-state index contributed by atoms with van der Waals surface area (Å²) in [6, 6.07) is 21.8. The Morgan fingerprint density at radius 2 is 1.54 bits per heavy atom. The predicted octanol–water partition coefficient (Wildman–Crippen LogP) is 4.95. The lowest BCUT2D eigenvalue weighted by Crippen LogP contribution is -2.12. The predicted molar refractivity (Wildman–Crippen MR) is 105 cm³/mol. The van der Waals surface area contributed by atoms with Gasteiger partial charge in [0.25, 0.3) is 10.0 Å². The minimum atomic E-state index is -3.84. The van der Waals surface area contributed by atoms with E-state index in [0.717, 1.165) is 11.1 Å². The van der Waals surface area contributed by atoms with Gasteiger partial charge in [0, 0.05) is 0 Å². The third kappa shape index (κ3) is 3.65. The Hall–Kier alpha value is -3.45. The number of aromatic nitrogens is 1. The molecule has 28 heavy (non-hydrogen) atoms. The summed E-state index contributed by atoms with van der Waals surface area (Å²) in [6.07, 6.45) is 1.29. The van der Waals surface area contributed by atoms with Gasteiger partial charge >= 0.3 is 6.01 Å². The summed E-state index contributed by atoms with van der Waals surface area (Å²) in [7, 11) is -3.84. The van der Waals surface area contributed by atoms with Gasteiger partial charge in [0.15, 0.2) is 5.76 Å². The normalized spacial score (nSPS) is 11.3. The highest BCUT2D eigenvalue weighted by Crippen LogP contribution is 2.30. The summed E-state index contributed by atoms with van der Waals surface area (Å²) in [5, 5.41) is 0. The quantitative estimate of drug-likeness (QED) is 0.520. The van der Waals surface area contributed by atoms with Crippen LogP contribution in [-0.2, 0) is 10.0 Å². The van der Waals surface area contributed by atoms with Crippen molar-refractivity contribution >= 4 is 16.0 Å². The van der Waals surface area contributed by atoms with E-state index >= 15 is 0 Å². The molecule has 0 saturated heterocycles. The van der Waals surface area contributed by atoms with Crippen molar-refractivity contribution < 1.29 is 17.2 Å². The summed E-state index contributed by atoms with van der Waals surface area (Å²) in [4.78, 5) is 4.00. The molecule has 1 aromatic heterocycles. The van der Waals surface area contributed by atoms with E-state index in [1.165, 1.54) is 24.4 Å². The number of benzene rings is 3. The van der Waals surface area contributed by atoms with Crippen molar-refractivity contribution in [3.8, 4) is 22.5 Å². The van der Waals surface area contributed by atoms with E-state index in [1.54, 1.807) is 30.3 Å². The summed E-state index contributed by atoms with van der Waals surface area (Å²) >= 11 is 0. The molecule has 0 amide bonds. The second-order valence-electron chi connectivity index (χ2n) is 6.01. The third-order valence-electron chi connectivity index (χ3n) is 4.12. The molecule has 5 nitrogen and oxygen atoms in total. The van der Waals surface area contributed by atoms with Crippen LogP contribution in [0.25, 0.3) is 22.5 Å². The maximum absolute atomic E-state index is 14.4. The Bertz CT molecular complexity index is 1210. The van der Waals surface area contributed by atoms with Gasteiger partial charge in [-0.1, -0.05) is 54.6 Å². The monoisotopic (exact) mass is 394 g/mol. The molecule has 0 spiro atoms. The zero-order chi connectivity index (χ0) is 19.6. The van der Waals surface area contributed by atoms with Crippen LogP contribution in [0.15, 0.2) is 94.4 Å². The van der Waals surface area contributed by atoms with Crippen LogP contribution in [0.1, 0.15) is 0 Å². The van der Waals surface area contributed by atoms with E-state index in [-0.39, 0.29) is 22.2 Å². The topological polar surface area (TPSA) is 72.2 Å². The molecule has 1 heterocycles. The zero-order valence-electron chi connectivity index (χ0n) is 14.5. The Morgan fingerprint density at radius 1 is 0.857 bits per heavy atom. The summed E-state index contributed by atoms with van der Waals surface area (Å²) in [5.74, 6) is -0.366. The molecule has 0 fully saturated rings. The number of anilines is 1.